The Labute approximate surface area is 550 Å². The van der Waals surface area contributed by atoms with Gasteiger partial charge in [-0.1, -0.05) is 207 Å². The van der Waals surface area contributed by atoms with Crippen molar-refractivity contribution in [1.82, 2.24) is 39.1 Å². The van der Waals surface area contributed by atoms with Crippen LogP contribution in [0, 0.1) is 0 Å². The molecule has 0 aliphatic rings. The fourth-order valence-electron chi connectivity index (χ4n) is 9.53. The first-order valence-electron chi connectivity index (χ1n) is 27.9. The fraction of sp³-hybridized carbons (Fsp3) is 0.0857. The molecule has 0 aliphatic carbocycles. The highest BCUT2D eigenvalue weighted by molar-refractivity contribution is 9.08. The SMILES string of the molecule is Clc1ccc(CBr)cc1.Clc1ccc(COc2nn(Cc3ccc(Cl)cc3)c3ccccc23)cc1.O=c1[nH][nH]c2ccccc12.O=c1[nH]n(Cc2ccc(Cl)cc2)c2ccccc12.O=c1c2ccccc2n(Cc2ccc(Cl)cc2)n1Cc1ccc(Cl)cc1. The number of hydrogen-bond acceptors (Lipinski definition) is 5. The second-order valence-electron chi connectivity index (χ2n) is 20.3. The predicted molar refractivity (Wildman–Crippen MR) is 369 cm³/mol. The number of H-pyrrole nitrogens is 3. The van der Waals surface area contributed by atoms with Gasteiger partial charge < -0.3 is 4.74 Å². The van der Waals surface area contributed by atoms with E-state index in [0.717, 1.165) is 76.0 Å². The molecule has 0 saturated heterocycles. The summed E-state index contributed by atoms with van der Waals surface area (Å²) in [6, 6.07) is 76.7. The summed E-state index contributed by atoms with van der Waals surface area (Å²) >= 11 is 38.7. The third kappa shape index (κ3) is 17.0. The van der Waals surface area contributed by atoms with Gasteiger partial charge in [-0.25, -0.2) is 4.68 Å². The van der Waals surface area contributed by atoms with Gasteiger partial charge in [0.1, 0.15) is 6.61 Å². The van der Waals surface area contributed by atoms with Gasteiger partial charge in [-0.2, -0.15) is 0 Å². The molecule has 0 amide bonds. The normalized spacial score (nSPS) is 10.8. The summed E-state index contributed by atoms with van der Waals surface area (Å²) in [6.45, 7) is 2.80. The van der Waals surface area contributed by atoms with Crippen molar-refractivity contribution >= 4 is 129 Å². The molecular formula is C70H55BrCl6N8O4. The van der Waals surface area contributed by atoms with Crippen molar-refractivity contribution in [2.75, 3.05) is 0 Å². The van der Waals surface area contributed by atoms with E-state index in [1.165, 1.54) is 5.56 Å². The second-order valence-corrected chi connectivity index (χ2v) is 23.4. The monoisotopic (exact) mass is 1360 g/mol. The van der Waals surface area contributed by atoms with Gasteiger partial charge in [-0.3, -0.25) is 43.7 Å². The van der Waals surface area contributed by atoms with Crippen LogP contribution in [0.3, 0.4) is 0 Å². The van der Waals surface area contributed by atoms with Crippen LogP contribution in [0.1, 0.15) is 33.4 Å². The Balaban J connectivity index is 0.000000130. The largest absolute Gasteiger partial charge is 0.471 e. The van der Waals surface area contributed by atoms with Crippen LogP contribution in [-0.4, -0.2) is 39.1 Å². The predicted octanol–water partition coefficient (Wildman–Crippen LogP) is 18.3. The van der Waals surface area contributed by atoms with Crippen LogP contribution < -0.4 is 21.4 Å². The number of hydrogen-bond donors (Lipinski definition) is 3. The van der Waals surface area contributed by atoms with Crippen LogP contribution in [0.2, 0.25) is 30.1 Å². The quantitative estimate of drug-likeness (QED) is 0.105. The number of nitrogens with zero attached hydrogens (tertiary/aromatic N) is 5. The summed E-state index contributed by atoms with van der Waals surface area (Å²) < 4.78 is 13.6. The zero-order chi connectivity index (χ0) is 62.2. The van der Waals surface area contributed by atoms with Gasteiger partial charge >= 0.3 is 0 Å². The Morgan fingerprint density at radius 3 is 1.29 bits per heavy atom. The van der Waals surface area contributed by atoms with Crippen molar-refractivity contribution in [2.45, 2.75) is 38.1 Å². The lowest BCUT2D eigenvalue weighted by atomic mass is 10.2. The van der Waals surface area contributed by atoms with Gasteiger partial charge in [0.15, 0.2) is 0 Å². The van der Waals surface area contributed by atoms with E-state index in [0.29, 0.717) is 69.5 Å². The maximum Gasteiger partial charge on any atom is 0.274 e. The minimum Gasteiger partial charge on any atom is -0.471 e. The molecule has 0 saturated carbocycles. The number of ether oxygens (including phenoxy) is 1. The highest BCUT2D eigenvalue weighted by Crippen LogP contribution is 2.27. The van der Waals surface area contributed by atoms with Gasteiger partial charge in [0.25, 0.3) is 16.7 Å². The molecule has 0 aliphatic heterocycles. The number of aromatic amines is 3. The molecular weight excluding hydrogens is 1310 g/mol. The molecule has 12 nitrogen and oxygen atoms in total. The van der Waals surface area contributed by atoms with Crippen molar-refractivity contribution in [3.8, 4) is 5.88 Å². The van der Waals surface area contributed by atoms with Crippen LogP contribution in [0.4, 0.5) is 0 Å². The Morgan fingerprint density at radius 1 is 0.371 bits per heavy atom. The molecule has 0 unspecified atom stereocenters. The maximum absolute atomic E-state index is 13.0. The lowest BCUT2D eigenvalue weighted by molar-refractivity contribution is 0.293. The summed E-state index contributed by atoms with van der Waals surface area (Å²) in [5.41, 5.74) is 10.2. The van der Waals surface area contributed by atoms with E-state index < -0.39 is 0 Å². The summed E-state index contributed by atoms with van der Waals surface area (Å²) in [5.74, 6) is 0.629. The number of aromatic nitrogens is 8. The zero-order valence-electron chi connectivity index (χ0n) is 47.4. The molecule has 0 fully saturated rings. The minimum absolute atomic E-state index is 0.00418. The van der Waals surface area contributed by atoms with Gasteiger partial charge in [0.2, 0.25) is 5.88 Å². The molecule has 3 N–H and O–H groups in total. The highest BCUT2D eigenvalue weighted by atomic mass is 79.9. The van der Waals surface area contributed by atoms with Crippen LogP contribution >= 0.6 is 85.5 Å². The molecule has 89 heavy (non-hydrogen) atoms. The van der Waals surface area contributed by atoms with Gasteiger partial charge in [0, 0.05) is 35.5 Å². The van der Waals surface area contributed by atoms with Gasteiger partial charge in [0.05, 0.1) is 69.8 Å². The smallest absolute Gasteiger partial charge is 0.274 e. The van der Waals surface area contributed by atoms with E-state index in [-0.39, 0.29) is 16.7 Å². The third-order valence-electron chi connectivity index (χ3n) is 14.1. The summed E-state index contributed by atoms with van der Waals surface area (Å²) in [6.07, 6.45) is 0. The number of alkyl halides is 1. The van der Waals surface area contributed by atoms with Crippen LogP contribution in [0.15, 0.2) is 257 Å². The molecule has 4 aromatic heterocycles. The minimum atomic E-state index is -0.0596. The van der Waals surface area contributed by atoms with Crippen molar-refractivity contribution < 1.29 is 4.74 Å². The topological polar surface area (TPSA) is 140 Å². The Hall–Kier alpha value is -8.50. The Kier molecular flexibility index (Phi) is 21.8. The summed E-state index contributed by atoms with van der Waals surface area (Å²) in [4.78, 5) is 35.6. The molecule has 4 heterocycles. The Morgan fingerprint density at radius 2 is 0.775 bits per heavy atom. The van der Waals surface area contributed by atoms with Crippen LogP contribution in [0.25, 0.3) is 43.6 Å². The van der Waals surface area contributed by atoms with Crippen molar-refractivity contribution in [3.05, 3.63) is 337 Å². The first-order chi connectivity index (χ1) is 43.2. The summed E-state index contributed by atoms with van der Waals surface area (Å²) in [5, 5.41) is 21.1. The molecule has 10 aromatic carbocycles. The standard InChI is InChI=1S/2C21H16Cl2N2O.C14H11ClN2O.C7H6BrCl.C7H6N2O/c22-17-9-5-15(6-10-17)13-25-20-4-2-1-3-19(20)21(24-25)26-14-16-7-11-18(23)12-8-16;22-17-9-5-15(6-10-17)13-24-20-4-2-1-3-19(20)21(26)25(24)14-16-7-11-18(23)12-8-16;15-11-7-5-10(6-8-11)9-17-13-4-2-1-3-12(13)14(18)16-17;8-5-6-1-3-7(9)4-2-6;10-7-5-3-1-2-4-6(5)8-9-7/h2*1-12H,13-14H2;1-8H,9H2,(H,16,18);1-4H,5H2;1-4H,(H2,8,9,10). The molecule has 19 heteroatoms. The molecule has 448 valence electrons. The average Bonchev–Trinajstić information content (AvgIpc) is 2.15. The number of halogens is 7. The van der Waals surface area contributed by atoms with E-state index >= 15 is 0 Å². The average molecular weight is 1360 g/mol. The molecule has 0 spiro atoms. The molecule has 0 atom stereocenters. The first kappa shape index (κ1) is 63.5. The van der Waals surface area contributed by atoms with Gasteiger partial charge in [-0.15, -0.1) is 5.10 Å². The molecule has 0 radical (unpaired) electrons. The Bertz CT molecular complexity index is 4790. The lowest BCUT2D eigenvalue weighted by Crippen LogP contribution is -2.24. The van der Waals surface area contributed by atoms with E-state index in [2.05, 4.69) is 36.3 Å². The molecule has 0 bridgehead atoms. The summed E-state index contributed by atoms with van der Waals surface area (Å²) in [7, 11) is 0. The lowest BCUT2D eigenvalue weighted by Gasteiger charge is -2.13. The number of fused-ring (bicyclic) bond motifs is 4. The van der Waals surface area contributed by atoms with Crippen molar-refractivity contribution in [2.24, 2.45) is 0 Å². The maximum atomic E-state index is 13.0. The zero-order valence-corrected chi connectivity index (χ0v) is 53.5. The van der Waals surface area contributed by atoms with Crippen molar-refractivity contribution in [1.29, 1.82) is 0 Å². The van der Waals surface area contributed by atoms with E-state index in [1.807, 2.05) is 251 Å². The van der Waals surface area contributed by atoms with Crippen LogP contribution in [-0.2, 0) is 38.1 Å². The highest BCUT2D eigenvalue weighted by Gasteiger charge is 2.15. The third-order valence-corrected chi connectivity index (χ3v) is 16.2. The van der Waals surface area contributed by atoms with E-state index in [4.69, 9.17) is 74.3 Å². The number of nitrogens with one attached hydrogen (secondary N) is 3. The van der Waals surface area contributed by atoms with Crippen LogP contribution in [0.5, 0.6) is 5.88 Å². The van der Waals surface area contributed by atoms with Crippen molar-refractivity contribution in [3.63, 3.8) is 0 Å². The number of rotatable bonds is 12. The molecule has 14 rings (SSSR count). The van der Waals surface area contributed by atoms with E-state index in [1.54, 1.807) is 10.7 Å². The molecule has 14 aromatic rings. The first-order valence-corrected chi connectivity index (χ1v) is 31.3. The number of para-hydroxylation sites is 4. The van der Waals surface area contributed by atoms with Gasteiger partial charge in [-0.05, 0) is 155 Å². The van der Waals surface area contributed by atoms with E-state index in [9.17, 15) is 14.4 Å². The fourth-order valence-corrected chi connectivity index (χ4v) is 10.7. The number of benzene rings is 10. The second kappa shape index (κ2) is 30.6.